The second-order valence-corrected chi connectivity index (χ2v) is 9.57. The van der Waals surface area contributed by atoms with E-state index in [2.05, 4.69) is 11.4 Å². The predicted molar refractivity (Wildman–Crippen MR) is 117 cm³/mol. The molecule has 2 aliphatic rings. The Labute approximate surface area is 194 Å². The number of amides is 2. The molecule has 2 amide bonds. The van der Waals surface area contributed by atoms with Gasteiger partial charge in [0.25, 0.3) is 9.70 Å². The average Bonchev–Trinajstić information content (AvgIpc) is 3.11. The lowest BCUT2D eigenvalue weighted by molar-refractivity contribution is -0.120. The van der Waals surface area contributed by atoms with E-state index in [1.165, 1.54) is 11.0 Å². The van der Waals surface area contributed by atoms with Crippen LogP contribution in [-0.4, -0.2) is 48.1 Å². The summed E-state index contributed by atoms with van der Waals surface area (Å²) in [7, 11) is 0. The predicted octanol–water partition coefficient (Wildman–Crippen LogP) is 4.08. The number of nitriles is 1. The zero-order valence-corrected chi connectivity index (χ0v) is 18.9. The van der Waals surface area contributed by atoms with Gasteiger partial charge in [-0.1, -0.05) is 40.4 Å². The van der Waals surface area contributed by atoms with Crippen LogP contribution in [0.5, 0.6) is 0 Å². The highest BCUT2D eigenvalue weighted by Crippen LogP contribution is 2.31. The quantitative estimate of drug-likeness (QED) is 0.509. The molecule has 0 radical (unpaired) electrons. The summed E-state index contributed by atoms with van der Waals surface area (Å²) in [6.45, 7) is 3.10. The molecule has 0 aromatic heterocycles. The number of piperidine rings is 1. The normalized spacial score (nSPS) is 19.2. The third-order valence-corrected chi connectivity index (χ3v) is 5.79. The van der Waals surface area contributed by atoms with Crippen LogP contribution in [0, 0.1) is 17.1 Å². The minimum Gasteiger partial charge on any atom is -0.442 e. The van der Waals surface area contributed by atoms with E-state index in [1.54, 1.807) is 19.1 Å². The van der Waals surface area contributed by atoms with Crippen molar-refractivity contribution in [1.29, 1.82) is 5.26 Å². The molecule has 166 valence electrons. The van der Waals surface area contributed by atoms with E-state index in [9.17, 15) is 14.0 Å². The highest BCUT2D eigenvalue weighted by Gasteiger charge is 2.35. The number of allylic oxidation sites excluding steroid dienone is 1. The Morgan fingerprint density at radius 1 is 1.35 bits per heavy atom. The maximum absolute atomic E-state index is 14.8. The molecule has 1 aromatic carbocycles. The van der Waals surface area contributed by atoms with Crippen LogP contribution in [0.2, 0.25) is 0 Å². The van der Waals surface area contributed by atoms with Gasteiger partial charge < -0.3 is 15.0 Å². The summed E-state index contributed by atoms with van der Waals surface area (Å²) < 4.78 is 17.9. The summed E-state index contributed by atoms with van der Waals surface area (Å²) >= 11 is 16.5. The fourth-order valence-electron chi connectivity index (χ4n) is 3.54. The summed E-state index contributed by atoms with van der Waals surface area (Å²) in [4.78, 5) is 27.0. The van der Waals surface area contributed by atoms with Gasteiger partial charge in [-0.2, -0.15) is 5.26 Å². The molecule has 0 unspecified atom stereocenters. The van der Waals surface area contributed by atoms with Crippen molar-refractivity contribution in [3.05, 3.63) is 35.2 Å². The SMILES string of the molecule is CC(C#N)=C1CCN(c2ccc(N3C[C@H](CNC(=O)C(Cl)(Cl)Cl)OC3=O)cc2F)CC1. The number of cyclic esters (lactones) is 1. The molecule has 7 nitrogen and oxygen atoms in total. The van der Waals surface area contributed by atoms with Crippen LogP contribution in [0.4, 0.5) is 20.6 Å². The molecule has 3 rings (SSSR count). The zero-order valence-electron chi connectivity index (χ0n) is 16.6. The maximum atomic E-state index is 14.8. The van der Waals surface area contributed by atoms with E-state index in [0.717, 1.165) is 11.1 Å². The summed E-state index contributed by atoms with van der Waals surface area (Å²) in [5.74, 6) is -1.28. The van der Waals surface area contributed by atoms with E-state index in [0.29, 0.717) is 37.3 Å². The van der Waals surface area contributed by atoms with Crippen molar-refractivity contribution in [1.82, 2.24) is 5.32 Å². The Bertz CT molecular complexity index is 948. The number of hydrogen-bond donors (Lipinski definition) is 1. The molecular formula is C20H20Cl3FN4O3. The Balaban J connectivity index is 1.63. The Hall–Kier alpha value is -2.21. The number of carbonyl (C=O) groups excluding carboxylic acids is 2. The number of anilines is 2. The molecule has 2 saturated heterocycles. The van der Waals surface area contributed by atoms with E-state index in [4.69, 9.17) is 44.8 Å². The van der Waals surface area contributed by atoms with Gasteiger partial charge in [0.1, 0.15) is 11.9 Å². The lowest BCUT2D eigenvalue weighted by atomic mass is 9.99. The van der Waals surface area contributed by atoms with Crippen LogP contribution in [0.1, 0.15) is 19.8 Å². The van der Waals surface area contributed by atoms with Gasteiger partial charge in [-0.15, -0.1) is 0 Å². The number of nitrogens with zero attached hydrogens (tertiary/aromatic N) is 3. The summed E-state index contributed by atoms with van der Waals surface area (Å²) in [6, 6.07) is 6.72. The van der Waals surface area contributed by atoms with Gasteiger partial charge >= 0.3 is 6.09 Å². The monoisotopic (exact) mass is 488 g/mol. The first-order valence-electron chi connectivity index (χ1n) is 9.56. The number of alkyl halides is 3. The van der Waals surface area contributed by atoms with E-state index in [1.807, 2.05) is 4.90 Å². The van der Waals surface area contributed by atoms with Crippen LogP contribution in [-0.2, 0) is 9.53 Å². The van der Waals surface area contributed by atoms with Gasteiger partial charge in [0, 0.05) is 18.7 Å². The van der Waals surface area contributed by atoms with Crippen molar-refractivity contribution in [2.45, 2.75) is 29.7 Å². The largest absolute Gasteiger partial charge is 0.442 e. The molecule has 2 fully saturated rings. The molecule has 1 atom stereocenters. The first-order chi connectivity index (χ1) is 14.6. The van der Waals surface area contributed by atoms with Crippen molar-refractivity contribution in [2.24, 2.45) is 0 Å². The Morgan fingerprint density at radius 3 is 2.61 bits per heavy atom. The Morgan fingerprint density at radius 2 is 2.03 bits per heavy atom. The lowest BCUT2D eigenvalue weighted by Crippen LogP contribution is -2.40. The number of benzene rings is 1. The molecular weight excluding hydrogens is 470 g/mol. The maximum Gasteiger partial charge on any atom is 0.414 e. The molecule has 2 aliphatic heterocycles. The minimum atomic E-state index is -2.11. The minimum absolute atomic E-state index is 0.0404. The van der Waals surface area contributed by atoms with Gasteiger partial charge in [-0.25, -0.2) is 9.18 Å². The van der Waals surface area contributed by atoms with Crippen molar-refractivity contribution < 1.29 is 18.7 Å². The smallest absolute Gasteiger partial charge is 0.414 e. The third kappa shape index (κ3) is 5.53. The summed E-state index contributed by atoms with van der Waals surface area (Å²) in [6.07, 6.45) is 0.101. The van der Waals surface area contributed by atoms with Gasteiger partial charge in [0.15, 0.2) is 0 Å². The number of ether oxygens (including phenoxy) is 1. The van der Waals surface area contributed by atoms with Gasteiger partial charge in [-0.3, -0.25) is 9.69 Å². The van der Waals surface area contributed by atoms with Crippen LogP contribution in [0.15, 0.2) is 29.3 Å². The van der Waals surface area contributed by atoms with E-state index < -0.39 is 27.7 Å². The molecule has 0 bridgehead atoms. The fourth-order valence-corrected chi connectivity index (χ4v) is 3.74. The third-order valence-electron chi connectivity index (χ3n) is 5.27. The average molecular weight is 490 g/mol. The second-order valence-electron chi connectivity index (χ2n) is 7.29. The molecule has 1 aromatic rings. The van der Waals surface area contributed by atoms with Crippen molar-refractivity contribution >= 4 is 58.2 Å². The second kappa shape index (κ2) is 9.51. The number of nitrogens with one attached hydrogen (secondary N) is 1. The number of hydrogen-bond acceptors (Lipinski definition) is 5. The highest BCUT2D eigenvalue weighted by molar-refractivity contribution is 6.76. The molecule has 11 heteroatoms. The van der Waals surface area contributed by atoms with Gasteiger partial charge in [0.2, 0.25) is 0 Å². The molecule has 0 spiro atoms. The Kier molecular flexibility index (Phi) is 7.20. The number of rotatable bonds is 4. The van der Waals surface area contributed by atoms with E-state index >= 15 is 0 Å². The molecule has 0 saturated carbocycles. The van der Waals surface area contributed by atoms with Crippen molar-refractivity contribution in [3.8, 4) is 6.07 Å². The summed E-state index contributed by atoms with van der Waals surface area (Å²) in [5.41, 5.74) is 2.61. The standard InChI is InChI=1S/C20H20Cl3FN4O3/c1-12(9-25)13-4-6-27(7-5-13)17-3-2-14(8-16(17)24)28-11-15(31-19(28)30)10-26-18(29)20(21,22)23/h2-3,8,15H,4-7,10-11H2,1H3,(H,26,29)/t15-/m0/s1. The van der Waals surface area contributed by atoms with Crippen LogP contribution in [0.3, 0.4) is 0 Å². The van der Waals surface area contributed by atoms with Crippen LogP contribution in [0.25, 0.3) is 0 Å². The molecule has 31 heavy (non-hydrogen) atoms. The topological polar surface area (TPSA) is 85.7 Å². The molecule has 2 heterocycles. The molecule has 1 N–H and O–H groups in total. The van der Waals surface area contributed by atoms with Gasteiger partial charge in [0.05, 0.1) is 30.5 Å². The lowest BCUT2D eigenvalue weighted by Gasteiger charge is -2.31. The fraction of sp³-hybridized carbons (Fsp3) is 0.450. The number of carbonyl (C=O) groups is 2. The van der Waals surface area contributed by atoms with Crippen molar-refractivity contribution in [3.63, 3.8) is 0 Å². The summed E-state index contributed by atoms with van der Waals surface area (Å²) in [5, 5.41) is 11.4. The van der Waals surface area contributed by atoms with Gasteiger partial charge in [-0.05, 0) is 38.0 Å². The van der Waals surface area contributed by atoms with Crippen LogP contribution < -0.4 is 15.1 Å². The number of halogens is 4. The molecule has 0 aliphatic carbocycles. The van der Waals surface area contributed by atoms with Crippen molar-refractivity contribution in [2.75, 3.05) is 36.0 Å². The first-order valence-corrected chi connectivity index (χ1v) is 10.7. The first kappa shape index (κ1) is 23.5. The highest BCUT2D eigenvalue weighted by atomic mass is 35.6. The van der Waals surface area contributed by atoms with Crippen LogP contribution >= 0.6 is 34.8 Å². The van der Waals surface area contributed by atoms with E-state index in [-0.39, 0.29) is 13.1 Å². The zero-order chi connectivity index (χ0) is 22.8.